The first-order valence-corrected chi connectivity index (χ1v) is 10.9. The normalized spacial score (nSPS) is 14.4. The second-order valence-corrected chi connectivity index (χ2v) is 8.74. The number of carbonyl (C=O) groups excluding carboxylic acids is 1. The molecule has 1 amide bonds. The molecule has 1 N–H and O–H groups in total. The minimum Gasteiger partial charge on any atom is -0.424 e. The van der Waals surface area contributed by atoms with Gasteiger partial charge in [0.1, 0.15) is 17.0 Å². The van der Waals surface area contributed by atoms with Gasteiger partial charge in [-0.2, -0.15) is 10.4 Å². The molecule has 1 aromatic carbocycles. The summed E-state index contributed by atoms with van der Waals surface area (Å²) in [5.41, 5.74) is 1.01. The summed E-state index contributed by atoms with van der Waals surface area (Å²) in [5, 5.41) is 24.4. The van der Waals surface area contributed by atoms with Crippen LogP contribution in [-0.4, -0.2) is 36.4 Å². The quantitative estimate of drug-likeness (QED) is 0.458. The first kappa shape index (κ1) is 20.3. The van der Waals surface area contributed by atoms with Crippen molar-refractivity contribution in [2.45, 2.75) is 44.7 Å². The molecule has 11 heteroatoms. The van der Waals surface area contributed by atoms with E-state index in [-0.39, 0.29) is 36.3 Å². The average molecular weight is 451 g/mol. The number of fused-ring (bicyclic) bond motifs is 1. The molecule has 3 aromatic heterocycles. The van der Waals surface area contributed by atoms with Gasteiger partial charge >= 0.3 is 0 Å². The number of hydrogen-bond donors (Lipinski definition) is 1. The summed E-state index contributed by atoms with van der Waals surface area (Å²) in [4.78, 5) is 16.5. The van der Waals surface area contributed by atoms with Crippen molar-refractivity contribution in [1.82, 2.24) is 30.3 Å². The summed E-state index contributed by atoms with van der Waals surface area (Å²) in [6.07, 6.45) is 4.90. The van der Waals surface area contributed by atoms with Gasteiger partial charge in [-0.05, 0) is 31.9 Å². The van der Waals surface area contributed by atoms with Crippen LogP contribution in [0.2, 0.25) is 0 Å². The topological polar surface area (TPSA) is 123 Å². The zero-order valence-corrected chi connectivity index (χ0v) is 17.9. The van der Waals surface area contributed by atoms with Crippen molar-refractivity contribution >= 4 is 27.5 Å². The van der Waals surface area contributed by atoms with E-state index < -0.39 is 5.54 Å². The van der Waals surface area contributed by atoms with Crippen LogP contribution >= 0.6 is 11.3 Å². The SMILES string of the molecule is CCn1cc(-c2ccc3nc(Cc4nnc(CC(=O)NC5(C#N)CC5)o4)sc3c2F)cn1. The van der Waals surface area contributed by atoms with E-state index in [1.807, 2.05) is 13.1 Å². The molecule has 0 saturated heterocycles. The molecule has 32 heavy (non-hydrogen) atoms. The standard InChI is InChI=1S/C21H18FN7O2S/c1-2-29-10-12(9-24-29)13-3-4-14-20(19(13)22)32-18(25-14)8-17-28-27-16(31-17)7-15(30)26-21(11-23)5-6-21/h3-4,9-10H,2,5-8H2,1H3,(H,26,30). The van der Waals surface area contributed by atoms with Crippen molar-refractivity contribution in [1.29, 1.82) is 5.26 Å². The number of benzene rings is 1. The Kier molecular flexibility index (Phi) is 4.94. The lowest BCUT2D eigenvalue weighted by Gasteiger charge is -2.06. The summed E-state index contributed by atoms with van der Waals surface area (Å²) < 4.78 is 22.9. The number of nitriles is 1. The molecule has 1 saturated carbocycles. The van der Waals surface area contributed by atoms with Crippen molar-refractivity contribution in [3.63, 3.8) is 0 Å². The Labute approximate surface area is 185 Å². The van der Waals surface area contributed by atoms with Crippen LogP contribution in [0.3, 0.4) is 0 Å². The van der Waals surface area contributed by atoms with Crippen LogP contribution in [0.4, 0.5) is 4.39 Å². The van der Waals surface area contributed by atoms with Crippen molar-refractivity contribution in [3.05, 3.63) is 47.1 Å². The van der Waals surface area contributed by atoms with Gasteiger partial charge in [-0.1, -0.05) is 0 Å². The maximum atomic E-state index is 15.2. The molecule has 0 bridgehead atoms. The molecular formula is C21H18FN7O2S. The van der Waals surface area contributed by atoms with E-state index in [1.54, 1.807) is 23.0 Å². The van der Waals surface area contributed by atoms with Gasteiger partial charge in [0.15, 0.2) is 5.82 Å². The summed E-state index contributed by atoms with van der Waals surface area (Å²) in [6.45, 7) is 2.68. The van der Waals surface area contributed by atoms with E-state index in [0.717, 1.165) is 0 Å². The van der Waals surface area contributed by atoms with E-state index in [0.29, 0.717) is 45.7 Å². The van der Waals surface area contributed by atoms with Crippen molar-refractivity contribution in [3.8, 4) is 17.2 Å². The molecule has 0 atom stereocenters. The van der Waals surface area contributed by atoms with Gasteiger partial charge in [0.2, 0.25) is 17.7 Å². The van der Waals surface area contributed by atoms with Crippen LogP contribution in [0.25, 0.3) is 21.3 Å². The van der Waals surface area contributed by atoms with Crippen LogP contribution in [0.5, 0.6) is 0 Å². The molecule has 1 aliphatic carbocycles. The highest BCUT2D eigenvalue weighted by atomic mass is 32.1. The highest BCUT2D eigenvalue weighted by molar-refractivity contribution is 7.18. The number of aromatic nitrogens is 5. The minimum atomic E-state index is -0.737. The van der Waals surface area contributed by atoms with Gasteiger partial charge in [-0.25, -0.2) is 9.37 Å². The van der Waals surface area contributed by atoms with Crippen molar-refractivity contribution in [2.75, 3.05) is 0 Å². The van der Waals surface area contributed by atoms with E-state index in [4.69, 9.17) is 9.68 Å². The van der Waals surface area contributed by atoms with Gasteiger partial charge in [0.05, 0.1) is 28.9 Å². The molecule has 0 radical (unpaired) electrons. The first-order chi connectivity index (χ1) is 15.5. The molecule has 5 rings (SSSR count). The Bertz CT molecular complexity index is 1360. The Morgan fingerprint density at radius 2 is 2.19 bits per heavy atom. The molecule has 4 aromatic rings. The van der Waals surface area contributed by atoms with Crippen LogP contribution < -0.4 is 5.32 Å². The number of amides is 1. The number of aryl methyl sites for hydroxylation is 1. The number of thiazole rings is 1. The Hall–Kier alpha value is -3.65. The second kappa shape index (κ2) is 7.80. The van der Waals surface area contributed by atoms with Gasteiger partial charge in [-0.15, -0.1) is 21.5 Å². The van der Waals surface area contributed by atoms with Crippen LogP contribution in [-0.2, 0) is 24.2 Å². The summed E-state index contributed by atoms with van der Waals surface area (Å²) >= 11 is 1.23. The lowest BCUT2D eigenvalue weighted by molar-refractivity contribution is -0.121. The summed E-state index contributed by atoms with van der Waals surface area (Å²) in [5.74, 6) is -0.219. The maximum absolute atomic E-state index is 15.2. The molecule has 9 nitrogen and oxygen atoms in total. The number of nitrogens with zero attached hydrogens (tertiary/aromatic N) is 6. The van der Waals surface area contributed by atoms with E-state index in [2.05, 4.69) is 31.7 Å². The maximum Gasteiger partial charge on any atom is 0.230 e. The fourth-order valence-corrected chi connectivity index (χ4v) is 4.37. The second-order valence-electron chi connectivity index (χ2n) is 7.65. The lowest BCUT2D eigenvalue weighted by Crippen LogP contribution is -2.36. The van der Waals surface area contributed by atoms with Crippen molar-refractivity contribution < 1.29 is 13.6 Å². The molecule has 0 unspecified atom stereocenters. The van der Waals surface area contributed by atoms with Gasteiger partial charge < -0.3 is 9.73 Å². The third-order valence-electron chi connectivity index (χ3n) is 5.28. The van der Waals surface area contributed by atoms with Crippen LogP contribution in [0.1, 0.15) is 36.6 Å². The highest BCUT2D eigenvalue weighted by Gasteiger charge is 2.44. The van der Waals surface area contributed by atoms with Crippen LogP contribution in [0.15, 0.2) is 28.9 Å². The third kappa shape index (κ3) is 3.85. The first-order valence-electron chi connectivity index (χ1n) is 10.1. The van der Waals surface area contributed by atoms with Gasteiger partial charge in [0, 0.05) is 23.9 Å². The van der Waals surface area contributed by atoms with Gasteiger partial charge in [0.25, 0.3) is 0 Å². The highest BCUT2D eigenvalue weighted by Crippen LogP contribution is 2.34. The predicted octanol–water partition coefficient (Wildman–Crippen LogP) is 3.01. The monoisotopic (exact) mass is 451 g/mol. The van der Waals surface area contributed by atoms with E-state index in [9.17, 15) is 4.79 Å². The third-order valence-corrected chi connectivity index (χ3v) is 6.34. The minimum absolute atomic E-state index is 0.0975. The number of nitrogens with one attached hydrogen (secondary N) is 1. The summed E-state index contributed by atoms with van der Waals surface area (Å²) in [7, 11) is 0. The largest absolute Gasteiger partial charge is 0.424 e. The fourth-order valence-electron chi connectivity index (χ4n) is 3.38. The number of hydrogen-bond acceptors (Lipinski definition) is 8. The molecule has 1 fully saturated rings. The predicted molar refractivity (Wildman–Crippen MR) is 113 cm³/mol. The average Bonchev–Trinajstić information content (AvgIpc) is 3.15. The van der Waals surface area contributed by atoms with E-state index in [1.165, 1.54) is 11.3 Å². The molecule has 0 aliphatic heterocycles. The molecule has 1 aliphatic rings. The molecule has 162 valence electrons. The Morgan fingerprint density at radius 3 is 2.91 bits per heavy atom. The lowest BCUT2D eigenvalue weighted by atomic mass is 10.1. The van der Waals surface area contributed by atoms with Crippen molar-refractivity contribution in [2.24, 2.45) is 0 Å². The van der Waals surface area contributed by atoms with Gasteiger partial charge in [-0.3, -0.25) is 9.48 Å². The molecular weight excluding hydrogens is 433 g/mol. The fraction of sp³-hybridized carbons (Fsp3) is 0.333. The smallest absolute Gasteiger partial charge is 0.230 e. The van der Waals surface area contributed by atoms with Crippen LogP contribution in [0, 0.1) is 17.1 Å². The molecule has 0 spiro atoms. The summed E-state index contributed by atoms with van der Waals surface area (Å²) in [6, 6.07) is 5.59. The zero-order chi connectivity index (χ0) is 22.3. The Morgan fingerprint density at radius 1 is 1.38 bits per heavy atom. The number of rotatable bonds is 7. The number of halogens is 1. The Balaban J connectivity index is 1.31. The zero-order valence-electron chi connectivity index (χ0n) is 17.1. The molecule has 3 heterocycles. The van der Waals surface area contributed by atoms with E-state index >= 15 is 4.39 Å². The number of carbonyl (C=O) groups is 1.